The van der Waals surface area contributed by atoms with Crippen LogP contribution in [0.2, 0.25) is 0 Å². The largest absolute Gasteiger partial charge is 0.327 e. The Kier molecular flexibility index (Phi) is 10.0. The zero-order valence-electron chi connectivity index (χ0n) is 18.8. The molecular formula is C20H48N4+2. The molecule has 2 heterocycles. The number of rotatable bonds is 3. The minimum atomic E-state index is 0.724. The first kappa shape index (κ1) is 23.8. The van der Waals surface area contributed by atoms with Crippen molar-refractivity contribution in [1.29, 1.82) is 0 Å². The molecule has 0 aromatic heterocycles. The van der Waals surface area contributed by atoms with Gasteiger partial charge in [0.1, 0.15) is 12.1 Å². The van der Waals surface area contributed by atoms with E-state index in [-0.39, 0.29) is 0 Å². The molecule has 0 N–H and O–H groups in total. The van der Waals surface area contributed by atoms with Gasteiger partial charge in [-0.1, -0.05) is 13.8 Å². The molecule has 4 heteroatoms. The van der Waals surface area contributed by atoms with Gasteiger partial charge in [-0.3, -0.25) is 4.90 Å². The molecule has 2 unspecified atom stereocenters. The Bertz CT molecular complexity index is 328. The van der Waals surface area contributed by atoms with Crippen LogP contribution in [0.5, 0.6) is 0 Å². The first-order chi connectivity index (χ1) is 10.9. The van der Waals surface area contributed by atoms with Gasteiger partial charge >= 0.3 is 0 Å². The number of likely N-dealkylation sites (tertiary alicyclic amines) is 2. The third-order valence-corrected chi connectivity index (χ3v) is 5.48. The van der Waals surface area contributed by atoms with E-state index in [1.54, 1.807) is 0 Å². The predicted octanol–water partition coefficient (Wildman–Crippen LogP) is 2.60. The summed E-state index contributed by atoms with van der Waals surface area (Å²) in [6, 6.07) is 2.42. The molecule has 0 amide bonds. The Hall–Kier alpha value is -0.160. The van der Waals surface area contributed by atoms with E-state index in [1.165, 1.54) is 39.0 Å². The molecule has 2 saturated heterocycles. The molecule has 0 spiro atoms. The van der Waals surface area contributed by atoms with Crippen molar-refractivity contribution >= 4 is 0 Å². The highest BCUT2D eigenvalue weighted by atomic mass is 15.4. The average molecular weight is 345 g/mol. The van der Waals surface area contributed by atoms with Crippen LogP contribution in [0.25, 0.3) is 0 Å². The second kappa shape index (κ2) is 10.1. The number of likely N-dealkylation sites (N-methyl/N-ethyl adjacent to an activating group) is 3. The van der Waals surface area contributed by atoms with Crippen molar-refractivity contribution in [1.82, 2.24) is 9.80 Å². The molecule has 2 rings (SSSR count). The maximum Gasteiger partial charge on any atom is 0.102 e. The standard InChI is InChI=1S/C10H23N2.C8H19N2.C2H6/c1-9(2)11-7-6-10(8-11)12(3,4)5;1-9-6-5-8(7-9)10(2,3)4;1-2/h9-10H,6-8H2,1-5H3;8H,5-7H2,1-4H3;1-2H3/q2*+1;. The number of hydrogen-bond donors (Lipinski definition) is 0. The van der Waals surface area contributed by atoms with Crippen molar-refractivity contribution in [3.63, 3.8) is 0 Å². The molecule has 0 bridgehead atoms. The Morgan fingerprint density at radius 1 is 0.750 bits per heavy atom. The van der Waals surface area contributed by atoms with E-state index >= 15 is 0 Å². The molecule has 0 aromatic rings. The van der Waals surface area contributed by atoms with Crippen LogP contribution >= 0.6 is 0 Å². The highest BCUT2D eigenvalue weighted by molar-refractivity contribution is 4.78. The normalized spacial score (nSPS) is 26.0. The highest BCUT2D eigenvalue weighted by Crippen LogP contribution is 2.19. The van der Waals surface area contributed by atoms with Crippen LogP contribution < -0.4 is 0 Å². The monoisotopic (exact) mass is 344 g/mol. The van der Waals surface area contributed by atoms with Gasteiger partial charge in [-0.15, -0.1) is 0 Å². The second-order valence-electron chi connectivity index (χ2n) is 9.47. The minimum absolute atomic E-state index is 0.724. The Balaban J connectivity index is 0.000000405. The summed E-state index contributed by atoms with van der Waals surface area (Å²) in [5.41, 5.74) is 0. The molecular weight excluding hydrogens is 296 g/mol. The lowest BCUT2D eigenvalue weighted by Gasteiger charge is -2.32. The lowest BCUT2D eigenvalue weighted by molar-refractivity contribution is -0.893. The third-order valence-electron chi connectivity index (χ3n) is 5.48. The summed E-state index contributed by atoms with van der Waals surface area (Å²) in [6.07, 6.45) is 2.72. The van der Waals surface area contributed by atoms with E-state index in [2.05, 4.69) is 73.0 Å². The van der Waals surface area contributed by atoms with Crippen molar-refractivity contribution in [2.45, 2.75) is 58.7 Å². The van der Waals surface area contributed by atoms with Gasteiger partial charge in [0.25, 0.3) is 0 Å². The first-order valence-electron chi connectivity index (χ1n) is 9.96. The fourth-order valence-corrected chi connectivity index (χ4v) is 3.41. The summed E-state index contributed by atoms with van der Waals surface area (Å²) < 4.78 is 2.23. The lowest BCUT2D eigenvalue weighted by atomic mass is 10.2. The summed E-state index contributed by atoms with van der Waals surface area (Å²) in [5.74, 6) is 0. The lowest BCUT2D eigenvalue weighted by Crippen LogP contribution is -2.47. The van der Waals surface area contributed by atoms with E-state index in [0.29, 0.717) is 0 Å². The predicted molar refractivity (Wildman–Crippen MR) is 108 cm³/mol. The minimum Gasteiger partial charge on any atom is -0.327 e. The van der Waals surface area contributed by atoms with Crippen molar-refractivity contribution < 1.29 is 8.97 Å². The van der Waals surface area contributed by atoms with Gasteiger partial charge in [-0.25, -0.2) is 0 Å². The molecule has 24 heavy (non-hydrogen) atoms. The Labute approximate surface area is 153 Å². The van der Waals surface area contributed by atoms with Crippen LogP contribution in [0.1, 0.15) is 40.5 Å². The number of hydrogen-bond acceptors (Lipinski definition) is 2. The van der Waals surface area contributed by atoms with Crippen molar-refractivity contribution in [2.24, 2.45) is 0 Å². The fourth-order valence-electron chi connectivity index (χ4n) is 3.41. The molecule has 0 radical (unpaired) electrons. The Morgan fingerprint density at radius 2 is 1.17 bits per heavy atom. The molecule has 146 valence electrons. The molecule has 0 aliphatic carbocycles. The average Bonchev–Trinajstić information content (AvgIpc) is 3.08. The van der Waals surface area contributed by atoms with E-state index < -0.39 is 0 Å². The smallest absolute Gasteiger partial charge is 0.102 e. The molecule has 0 aromatic carbocycles. The van der Waals surface area contributed by atoms with Crippen LogP contribution in [0, 0.1) is 0 Å². The first-order valence-corrected chi connectivity index (χ1v) is 9.96. The van der Waals surface area contributed by atoms with E-state index in [9.17, 15) is 0 Å². The van der Waals surface area contributed by atoms with Crippen molar-refractivity contribution in [2.75, 3.05) is 75.5 Å². The van der Waals surface area contributed by atoms with E-state index in [0.717, 1.165) is 27.1 Å². The molecule has 2 aliphatic heterocycles. The maximum atomic E-state index is 2.58. The third kappa shape index (κ3) is 8.28. The molecule has 2 aliphatic rings. The highest BCUT2D eigenvalue weighted by Gasteiger charge is 2.33. The summed E-state index contributed by atoms with van der Waals surface area (Å²) in [5, 5.41) is 0. The van der Waals surface area contributed by atoms with Gasteiger partial charge < -0.3 is 13.9 Å². The van der Waals surface area contributed by atoms with Gasteiger partial charge in [0.15, 0.2) is 0 Å². The van der Waals surface area contributed by atoms with E-state index in [4.69, 9.17) is 0 Å². The molecule has 4 nitrogen and oxygen atoms in total. The fraction of sp³-hybridized carbons (Fsp3) is 1.00. The second-order valence-corrected chi connectivity index (χ2v) is 9.47. The van der Waals surface area contributed by atoms with E-state index in [1.807, 2.05) is 13.8 Å². The number of quaternary nitrogens is 2. The molecule has 0 saturated carbocycles. The van der Waals surface area contributed by atoms with Gasteiger partial charge in [0.2, 0.25) is 0 Å². The summed E-state index contributed by atoms with van der Waals surface area (Å²) >= 11 is 0. The van der Waals surface area contributed by atoms with Gasteiger partial charge in [-0.05, 0) is 20.9 Å². The van der Waals surface area contributed by atoms with Crippen LogP contribution in [0.15, 0.2) is 0 Å². The molecule has 2 fully saturated rings. The Morgan fingerprint density at radius 3 is 1.38 bits per heavy atom. The van der Waals surface area contributed by atoms with Crippen LogP contribution in [-0.4, -0.2) is 112 Å². The van der Waals surface area contributed by atoms with Crippen LogP contribution in [-0.2, 0) is 0 Å². The van der Waals surface area contributed by atoms with Gasteiger partial charge in [-0.2, -0.15) is 0 Å². The van der Waals surface area contributed by atoms with Crippen molar-refractivity contribution in [3.8, 4) is 0 Å². The van der Waals surface area contributed by atoms with Crippen molar-refractivity contribution in [3.05, 3.63) is 0 Å². The summed E-state index contributed by atoms with van der Waals surface area (Å²) in [6.45, 7) is 13.7. The summed E-state index contributed by atoms with van der Waals surface area (Å²) in [7, 11) is 15.9. The van der Waals surface area contributed by atoms with Crippen LogP contribution in [0.4, 0.5) is 0 Å². The van der Waals surface area contributed by atoms with Gasteiger partial charge in [0, 0.05) is 32.0 Å². The topological polar surface area (TPSA) is 6.48 Å². The summed E-state index contributed by atoms with van der Waals surface area (Å²) in [4.78, 5) is 4.99. The van der Waals surface area contributed by atoms with Gasteiger partial charge in [0.05, 0.1) is 55.4 Å². The zero-order valence-corrected chi connectivity index (χ0v) is 18.8. The molecule has 2 atom stereocenters. The quantitative estimate of drug-likeness (QED) is 0.726. The van der Waals surface area contributed by atoms with Crippen LogP contribution in [0.3, 0.4) is 0 Å². The zero-order chi connectivity index (χ0) is 19.1. The maximum absolute atomic E-state index is 2.58. The number of nitrogens with zero attached hydrogens (tertiary/aromatic N) is 4. The SMILES string of the molecule is CC.CC(C)N1CCC([N+](C)(C)C)C1.CN1CCC([N+](C)(C)C)C1.